The van der Waals surface area contributed by atoms with Gasteiger partial charge in [0.2, 0.25) is 0 Å². The summed E-state index contributed by atoms with van der Waals surface area (Å²) in [6.07, 6.45) is 3.41. The molecule has 1 aliphatic carbocycles. The largest absolute Gasteiger partial charge is 0.370 e. The van der Waals surface area contributed by atoms with E-state index in [1.807, 2.05) is 0 Å². The second-order valence-electron chi connectivity index (χ2n) is 5.01. The van der Waals surface area contributed by atoms with E-state index in [0.717, 1.165) is 43.6 Å². The highest BCUT2D eigenvalue weighted by Gasteiger charge is 2.39. The van der Waals surface area contributed by atoms with Gasteiger partial charge in [-0.2, -0.15) is 0 Å². The van der Waals surface area contributed by atoms with Gasteiger partial charge in [-0.25, -0.2) is 0 Å². The van der Waals surface area contributed by atoms with Gasteiger partial charge in [-0.3, -0.25) is 4.99 Å². The molecule has 80 valence electrons. The Kier molecular flexibility index (Phi) is 2.52. The Morgan fingerprint density at radius 2 is 2.21 bits per heavy atom. The fraction of sp³-hybridized carbons (Fsp3) is 0.909. The average molecular weight is 195 g/mol. The molecule has 0 aromatic rings. The van der Waals surface area contributed by atoms with Crippen LogP contribution < -0.4 is 11.1 Å². The van der Waals surface area contributed by atoms with E-state index in [2.05, 4.69) is 24.2 Å². The molecule has 3 unspecified atom stereocenters. The molecule has 2 rings (SSSR count). The molecule has 0 amide bonds. The van der Waals surface area contributed by atoms with Gasteiger partial charge < -0.3 is 11.1 Å². The van der Waals surface area contributed by atoms with Crippen molar-refractivity contribution in [1.82, 2.24) is 5.32 Å². The van der Waals surface area contributed by atoms with Crippen LogP contribution in [-0.4, -0.2) is 24.5 Å². The van der Waals surface area contributed by atoms with Crippen LogP contribution in [0.25, 0.3) is 0 Å². The van der Waals surface area contributed by atoms with Crippen molar-refractivity contribution in [3.63, 3.8) is 0 Å². The van der Waals surface area contributed by atoms with Gasteiger partial charge in [-0.15, -0.1) is 0 Å². The van der Waals surface area contributed by atoms with Crippen molar-refractivity contribution in [3.8, 4) is 0 Å². The Hall–Kier alpha value is -0.570. The van der Waals surface area contributed by atoms with Crippen molar-refractivity contribution in [2.75, 3.05) is 13.1 Å². The first kappa shape index (κ1) is 9.97. The number of hydrogen-bond acceptors (Lipinski definition) is 3. The second-order valence-corrected chi connectivity index (χ2v) is 5.01. The predicted molar refractivity (Wildman–Crippen MR) is 59.4 cm³/mol. The lowest BCUT2D eigenvalue weighted by molar-refractivity contribution is 0.219. The molecule has 0 aromatic heterocycles. The topological polar surface area (TPSA) is 50.4 Å². The van der Waals surface area contributed by atoms with Crippen LogP contribution >= 0.6 is 0 Å². The monoisotopic (exact) mass is 195 g/mol. The van der Waals surface area contributed by atoms with Gasteiger partial charge in [0.15, 0.2) is 0 Å². The standard InChI is InChI=1S/C11H21N3/c1-8-3-4-11(12,7-9(8)2)10-13-5-6-14-10/h8-9H,3-7,12H2,1-2H3,(H,13,14). The van der Waals surface area contributed by atoms with Gasteiger partial charge in [-0.05, 0) is 31.1 Å². The van der Waals surface area contributed by atoms with E-state index in [0.29, 0.717) is 0 Å². The fourth-order valence-electron chi connectivity index (χ4n) is 2.59. The summed E-state index contributed by atoms with van der Waals surface area (Å²) in [4.78, 5) is 4.47. The van der Waals surface area contributed by atoms with Gasteiger partial charge in [0.1, 0.15) is 5.84 Å². The molecule has 1 heterocycles. The van der Waals surface area contributed by atoms with Crippen LogP contribution in [-0.2, 0) is 0 Å². The summed E-state index contributed by atoms with van der Waals surface area (Å²) in [6.45, 7) is 6.51. The lowest BCUT2D eigenvalue weighted by Crippen LogP contribution is -2.56. The van der Waals surface area contributed by atoms with E-state index in [-0.39, 0.29) is 5.54 Å². The fourth-order valence-corrected chi connectivity index (χ4v) is 2.59. The minimum atomic E-state index is -0.150. The zero-order valence-corrected chi connectivity index (χ0v) is 9.21. The van der Waals surface area contributed by atoms with Crippen molar-refractivity contribution in [1.29, 1.82) is 0 Å². The Bertz CT molecular complexity index is 249. The minimum absolute atomic E-state index is 0.150. The lowest BCUT2D eigenvalue weighted by atomic mass is 9.71. The molecular formula is C11H21N3. The van der Waals surface area contributed by atoms with E-state index in [1.54, 1.807) is 0 Å². The highest BCUT2D eigenvalue weighted by Crippen LogP contribution is 2.35. The minimum Gasteiger partial charge on any atom is -0.370 e. The highest BCUT2D eigenvalue weighted by atomic mass is 15.1. The van der Waals surface area contributed by atoms with Crippen molar-refractivity contribution in [3.05, 3.63) is 0 Å². The smallest absolute Gasteiger partial charge is 0.117 e. The SMILES string of the molecule is CC1CCC(N)(C2=NCCN2)CC1C. The number of rotatable bonds is 1. The van der Waals surface area contributed by atoms with E-state index in [4.69, 9.17) is 5.73 Å². The molecule has 0 bridgehead atoms. The molecule has 0 radical (unpaired) electrons. The van der Waals surface area contributed by atoms with Gasteiger partial charge in [0.05, 0.1) is 12.1 Å². The number of nitrogens with zero attached hydrogens (tertiary/aromatic N) is 1. The Balaban J connectivity index is 2.09. The third kappa shape index (κ3) is 1.65. The number of hydrogen-bond donors (Lipinski definition) is 2. The molecule has 1 saturated carbocycles. The summed E-state index contributed by atoms with van der Waals surface area (Å²) in [5.74, 6) is 2.60. The second kappa shape index (κ2) is 3.54. The number of aliphatic imine (C=N–C) groups is 1. The molecule has 2 aliphatic rings. The van der Waals surface area contributed by atoms with Crippen molar-refractivity contribution < 1.29 is 0 Å². The van der Waals surface area contributed by atoms with Crippen LogP contribution in [0.15, 0.2) is 4.99 Å². The summed E-state index contributed by atoms with van der Waals surface area (Å²) < 4.78 is 0. The van der Waals surface area contributed by atoms with Crippen LogP contribution in [0, 0.1) is 11.8 Å². The molecule has 3 nitrogen and oxygen atoms in total. The molecular weight excluding hydrogens is 174 g/mol. The molecule has 1 fully saturated rings. The summed E-state index contributed by atoms with van der Waals surface area (Å²) in [6, 6.07) is 0. The average Bonchev–Trinajstić information content (AvgIpc) is 2.65. The molecule has 3 N–H and O–H groups in total. The van der Waals surface area contributed by atoms with Gasteiger partial charge in [-0.1, -0.05) is 13.8 Å². The zero-order valence-electron chi connectivity index (χ0n) is 9.21. The summed E-state index contributed by atoms with van der Waals surface area (Å²) in [5, 5.41) is 3.33. The first-order valence-electron chi connectivity index (χ1n) is 5.69. The lowest BCUT2D eigenvalue weighted by Gasteiger charge is -2.40. The van der Waals surface area contributed by atoms with Crippen LogP contribution in [0.4, 0.5) is 0 Å². The van der Waals surface area contributed by atoms with E-state index >= 15 is 0 Å². The quantitative estimate of drug-likeness (QED) is 0.659. The number of nitrogens with two attached hydrogens (primary N) is 1. The van der Waals surface area contributed by atoms with Gasteiger partial charge in [0, 0.05) is 6.54 Å². The first-order valence-corrected chi connectivity index (χ1v) is 5.69. The van der Waals surface area contributed by atoms with Crippen LogP contribution in [0.3, 0.4) is 0 Å². The molecule has 0 aromatic carbocycles. The maximum absolute atomic E-state index is 6.42. The zero-order chi connectivity index (χ0) is 10.2. The van der Waals surface area contributed by atoms with E-state index in [1.165, 1.54) is 6.42 Å². The van der Waals surface area contributed by atoms with Crippen LogP contribution in [0.5, 0.6) is 0 Å². The predicted octanol–water partition coefficient (Wildman–Crippen LogP) is 1.14. The van der Waals surface area contributed by atoms with Crippen LogP contribution in [0.2, 0.25) is 0 Å². The van der Waals surface area contributed by atoms with Gasteiger partial charge >= 0.3 is 0 Å². The van der Waals surface area contributed by atoms with Crippen LogP contribution in [0.1, 0.15) is 33.1 Å². The van der Waals surface area contributed by atoms with Crippen molar-refractivity contribution in [2.45, 2.75) is 38.6 Å². The van der Waals surface area contributed by atoms with Crippen molar-refractivity contribution >= 4 is 5.84 Å². The van der Waals surface area contributed by atoms with Crippen molar-refractivity contribution in [2.24, 2.45) is 22.6 Å². The summed E-state index contributed by atoms with van der Waals surface area (Å²) in [5.41, 5.74) is 6.27. The number of nitrogens with one attached hydrogen (secondary N) is 1. The Labute approximate surface area is 86.2 Å². The van der Waals surface area contributed by atoms with E-state index in [9.17, 15) is 0 Å². The molecule has 3 atom stereocenters. The van der Waals surface area contributed by atoms with Gasteiger partial charge in [0.25, 0.3) is 0 Å². The third-order valence-electron chi connectivity index (χ3n) is 3.85. The first-order chi connectivity index (χ1) is 6.62. The summed E-state index contributed by atoms with van der Waals surface area (Å²) >= 11 is 0. The highest BCUT2D eigenvalue weighted by molar-refractivity contribution is 5.92. The van der Waals surface area contributed by atoms with E-state index < -0.39 is 0 Å². The maximum atomic E-state index is 6.42. The summed E-state index contributed by atoms with van der Waals surface area (Å²) in [7, 11) is 0. The number of amidine groups is 1. The molecule has 14 heavy (non-hydrogen) atoms. The Morgan fingerprint density at radius 3 is 2.79 bits per heavy atom. The molecule has 0 spiro atoms. The maximum Gasteiger partial charge on any atom is 0.117 e. The normalized spacial score (nSPS) is 43.2. The Morgan fingerprint density at radius 1 is 1.43 bits per heavy atom. The molecule has 0 saturated heterocycles. The third-order valence-corrected chi connectivity index (χ3v) is 3.85. The molecule has 3 heteroatoms. The molecule has 1 aliphatic heterocycles.